The van der Waals surface area contributed by atoms with Crippen molar-refractivity contribution in [2.75, 3.05) is 13.1 Å². The Balaban J connectivity index is 1.54. The zero-order valence-corrected chi connectivity index (χ0v) is 13.6. The molecule has 1 aromatic rings. The molecule has 0 N–H and O–H groups in total. The van der Waals surface area contributed by atoms with Crippen molar-refractivity contribution in [1.29, 1.82) is 5.26 Å². The topological polar surface area (TPSA) is 64.4 Å². The van der Waals surface area contributed by atoms with Crippen LogP contribution in [-0.2, 0) is 4.79 Å². The Hall–Kier alpha value is -2.35. The van der Waals surface area contributed by atoms with E-state index in [1.54, 1.807) is 24.3 Å². The molecule has 3 fully saturated rings. The Labute approximate surface area is 141 Å². The number of hydrogen-bond acceptors (Lipinski definition) is 3. The van der Waals surface area contributed by atoms with Crippen molar-refractivity contribution < 1.29 is 9.59 Å². The summed E-state index contributed by atoms with van der Waals surface area (Å²) >= 11 is 0. The highest BCUT2D eigenvalue weighted by atomic mass is 16.2. The molecule has 2 heterocycles. The summed E-state index contributed by atoms with van der Waals surface area (Å²) < 4.78 is 0. The molecule has 1 saturated carbocycles. The maximum atomic E-state index is 12.9. The molecule has 5 nitrogen and oxygen atoms in total. The lowest BCUT2D eigenvalue weighted by Gasteiger charge is -2.40. The molecule has 2 aliphatic heterocycles. The van der Waals surface area contributed by atoms with Gasteiger partial charge in [-0.3, -0.25) is 9.59 Å². The summed E-state index contributed by atoms with van der Waals surface area (Å²) in [6.07, 6.45) is 4.62. The largest absolute Gasteiger partial charge is 0.337 e. The second-order valence-electron chi connectivity index (χ2n) is 7.14. The molecule has 0 radical (unpaired) electrons. The molecule has 2 atom stereocenters. The quantitative estimate of drug-likeness (QED) is 0.856. The summed E-state index contributed by atoms with van der Waals surface area (Å²) in [5, 5.41) is 9.03. The Morgan fingerprint density at radius 1 is 1.21 bits per heavy atom. The van der Waals surface area contributed by atoms with Crippen molar-refractivity contribution >= 4 is 11.8 Å². The Morgan fingerprint density at radius 3 is 2.79 bits per heavy atom. The van der Waals surface area contributed by atoms with Gasteiger partial charge >= 0.3 is 0 Å². The van der Waals surface area contributed by atoms with Crippen LogP contribution < -0.4 is 0 Å². The third kappa shape index (κ3) is 2.66. The molecular formula is C19H21N3O2. The van der Waals surface area contributed by atoms with Crippen molar-refractivity contribution in [2.45, 2.75) is 44.2 Å². The Morgan fingerprint density at radius 2 is 2.04 bits per heavy atom. The number of piperidine rings is 1. The van der Waals surface area contributed by atoms with E-state index in [1.165, 1.54) is 12.8 Å². The fraction of sp³-hybridized carbons (Fsp3) is 0.526. The monoisotopic (exact) mass is 323 g/mol. The molecule has 0 unspecified atom stereocenters. The van der Waals surface area contributed by atoms with E-state index in [1.807, 2.05) is 9.80 Å². The van der Waals surface area contributed by atoms with Gasteiger partial charge in [0.2, 0.25) is 5.91 Å². The van der Waals surface area contributed by atoms with Crippen molar-refractivity contribution in [3.63, 3.8) is 0 Å². The number of likely N-dealkylation sites (tertiary alicyclic amines) is 2. The highest BCUT2D eigenvalue weighted by molar-refractivity contribution is 5.95. The molecule has 124 valence electrons. The van der Waals surface area contributed by atoms with Crippen LogP contribution in [0.1, 0.15) is 48.0 Å². The van der Waals surface area contributed by atoms with Crippen molar-refractivity contribution in [3.8, 4) is 6.07 Å². The summed E-state index contributed by atoms with van der Waals surface area (Å²) in [4.78, 5) is 29.2. The minimum Gasteiger partial charge on any atom is -0.337 e. The number of nitrogens with zero attached hydrogens (tertiary/aromatic N) is 3. The van der Waals surface area contributed by atoms with E-state index in [2.05, 4.69) is 6.07 Å². The van der Waals surface area contributed by atoms with Crippen LogP contribution >= 0.6 is 0 Å². The van der Waals surface area contributed by atoms with Crippen LogP contribution in [0.4, 0.5) is 0 Å². The summed E-state index contributed by atoms with van der Waals surface area (Å²) in [5.41, 5.74) is 1.08. The predicted molar refractivity (Wildman–Crippen MR) is 88.1 cm³/mol. The molecular weight excluding hydrogens is 302 g/mol. The molecule has 3 aliphatic rings. The number of nitriles is 1. The minimum atomic E-state index is -0.0136. The number of benzene rings is 1. The first-order chi connectivity index (χ1) is 11.7. The fourth-order valence-corrected chi connectivity index (χ4v) is 4.10. The number of carbonyl (C=O) groups is 2. The highest BCUT2D eigenvalue weighted by Crippen LogP contribution is 2.37. The molecule has 2 saturated heterocycles. The summed E-state index contributed by atoms with van der Waals surface area (Å²) in [6, 6.07) is 9.28. The van der Waals surface area contributed by atoms with Crippen LogP contribution in [-0.4, -0.2) is 46.8 Å². The van der Waals surface area contributed by atoms with Gasteiger partial charge in [-0.1, -0.05) is 6.07 Å². The number of amides is 2. The Kier molecular flexibility index (Phi) is 3.76. The fourth-order valence-electron chi connectivity index (χ4n) is 4.10. The van der Waals surface area contributed by atoms with E-state index in [0.717, 1.165) is 19.4 Å². The summed E-state index contributed by atoms with van der Waals surface area (Å²) in [6.45, 7) is 1.56. The van der Waals surface area contributed by atoms with Gasteiger partial charge in [-0.25, -0.2) is 0 Å². The van der Waals surface area contributed by atoms with Crippen molar-refractivity contribution in [1.82, 2.24) is 9.80 Å². The number of fused-ring (bicyclic) bond motifs is 1. The van der Waals surface area contributed by atoms with Crippen LogP contribution in [0.3, 0.4) is 0 Å². The van der Waals surface area contributed by atoms with Crippen LogP contribution in [0.15, 0.2) is 24.3 Å². The van der Waals surface area contributed by atoms with Crippen molar-refractivity contribution in [3.05, 3.63) is 35.4 Å². The van der Waals surface area contributed by atoms with E-state index < -0.39 is 0 Å². The first-order valence-electron chi connectivity index (χ1n) is 8.78. The predicted octanol–water partition coefficient (Wildman–Crippen LogP) is 2.17. The van der Waals surface area contributed by atoms with Crippen LogP contribution in [0.5, 0.6) is 0 Å². The maximum absolute atomic E-state index is 12.9. The van der Waals surface area contributed by atoms with Gasteiger partial charge in [0.1, 0.15) is 0 Å². The second-order valence-corrected chi connectivity index (χ2v) is 7.14. The lowest BCUT2D eigenvalue weighted by Crippen LogP contribution is -2.53. The van der Waals surface area contributed by atoms with Crippen LogP contribution in [0, 0.1) is 17.2 Å². The standard InChI is InChI=1S/C19H21N3O2/c20-11-14-2-1-3-15(10-14)19(24)21-9-8-17-16(21)6-7-18(23)22(17)12-13-4-5-13/h1-3,10,13,16-17H,4-9,12H2/t16-,17-/m0/s1. The highest BCUT2D eigenvalue weighted by Gasteiger charge is 2.46. The van der Waals surface area contributed by atoms with E-state index in [0.29, 0.717) is 30.0 Å². The molecule has 24 heavy (non-hydrogen) atoms. The number of hydrogen-bond donors (Lipinski definition) is 0. The molecule has 1 aromatic carbocycles. The maximum Gasteiger partial charge on any atom is 0.254 e. The number of rotatable bonds is 3. The molecule has 5 heteroatoms. The summed E-state index contributed by atoms with van der Waals surface area (Å²) in [5.74, 6) is 0.911. The molecule has 0 aromatic heterocycles. The van der Waals surface area contributed by atoms with Gasteiger partial charge in [0.25, 0.3) is 5.91 Å². The van der Waals surface area contributed by atoms with Gasteiger partial charge in [0.05, 0.1) is 23.7 Å². The lowest BCUT2D eigenvalue weighted by atomic mass is 9.95. The average Bonchev–Trinajstić information content (AvgIpc) is 3.33. The second kappa shape index (κ2) is 5.94. The van der Waals surface area contributed by atoms with Crippen LogP contribution in [0.2, 0.25) is 0 Å². The van der Waals surface area contributed by atoms with E-state index in [9.17, 15) is 9.59 Å². The zero-order valence-electron chi connectivity index (χ0n) is 13.6. The normalized spacial score (nSPS) is 26.2. The third-order valence-electron chi connectivity index (χ3n) is 5.54. The molecule has 1 aliphatic carbocycles. The van der Waals surface area contributed by atoms with Gasteiger partial charge in [0, 0.05) is 25.1 Å². The lowest BCUT2D eigenvalue weighted by molar-refractivity contribution is -0.137. The Bertz CT molecular complexity index is 720. The van der Waals surface area contributed by atoms with Gasteiger partial charge in [-0.15, -0.1) is 0 Å². The SMILES string of the molecule is N#Cc1cccc(C(=O)N2CC[C@H]3[C@@H]2CCC(=O)N3CC2CC2)c1. The first kappa shape index (κ1) is 15.2. The third-order valence-corrected chi connectivity index (χ3v) is 5.54. The minimum absolute atomic E-state index is 0.0136. The van der Waals surface area contributed by atoms with E-state index in [4.69, 9.17) is 5.26 Å². The average molecular weight is 323 g/mol. The van der Waals surface area contributed by atoms with Gasteiger partial charge < -0.3 is 9.80 Å². The van der Waals surface area contributed by atoms with Crippen LogP contribution in [0.25, 0.3) is 0 Å². The van der Waals surface area contributed by atoms with E-state index in [-0.39, 0.29) is 23.9 Å². The van der Waals surface area contributed by atoms with Crippen molar-refractivity contribution in [2.24, 2.45) is 5.92 Å². The van der Waals surface area contributed by atoms with Gasteiger partial charge in [0.15, 0.2) is 0 Å². The molecule has 2 amide bonds. The molecule has 0 bridgehead atoms. The first-order valence-corrected chi connectivity index (χ1v) is 8.78. The smallest absolute Gasteiger partial charge is 0.254 e. The molecule has 4 rings (SSSR count). The van der Waals surface area contributed by atoms with Gasteiger partial charge in [-0.2, -0.15) is 5.26 Å². The van der Waals surface area contributed by atoms with E-state index >= 15 is 0 Å². The number of carbonyl (C=O) groups excluding carboxylic acids is 2. The zero-order chi connectivity index (χ0) is 16.7. The molecule has 0 spiro atoms. The van der Waals surface area contributed by atoms with Gasteiger partial charge in [-0.05, 0) is 49.8 Å². The summed E-state index contributed by atoms with van der Waals surface area (Å²) in [7, 11) is 0.